The predicted octanol–water partition coefficient (Wildman–Crippen LogP) is 2.12. The molecule has 0 spiro atoms. The molecule has 0 amide bonds. The predicted molar refractivity (Wildman–Crippen MR) is 89.2 cm³/mol. The lowest BCUT2D eigenvalue weighted by Crippen LogP contribution is -2.29. The standard InChI is InChI=1S/C17H19NO4S/c1-23(20,21)18-10-14(11-19)16-8-7-15(9-17(16)18)22-12-13-5-3-2-4-6-13/h2-9,14,19H,10-12H2,1H3/t14-/m0/s1. The Morgan fingerprint density at radius 2 is 1.96 bits per heavy atom. The van der Waals surface area contributed by atoms with E-state index in [1.54, 1.807) is 6.07 Å². The number of hydrogen-bond donors (Lipinski definition) is 1. The van der Waals surface area contributed by atoms with Crippen LogP contribution >= 0.6 is 0 Å². The topological polar surface area (TPSA) is 66.8 Å². The molecule has 2 aromatic rings. The van der Waals surface area contributed by atoms with E-state index in [9.17, 15) is 13.5 Å². The lowest BCUT2D eigenvalue weighted by atomic mass is 10.0. The Bertz CT molecular complexity index is 789. The highest BCUT2D eigenvalue weighted by Crippen LogP contribution is 2.39. The second-order valence-electron chi connectivity index (χ2n) is 5.67. The van der Waals surface area contributed by atoms with Gasteiger partial charge in [-0.05, 0) is 17.2 Å². The highest BCUT2D eigenvalue weighted by Gasteiger charge is 2.33. The van der Waals surface area contributed by atoms with Crippen LogP contribution in [0.1, 0.15) is 17.0 Å². The number of fused-ring (bicyclic) bond motifs is 1. The minimum Gasteiger partial charge on any atom is -0.489 e. The first-order chi connectivity index (χ1) is 11.0. The Hall–Kier alpha value is -2.05. The third kappa shape index (κ3) is 3.33. The van der Waals surface area contributed by atoms with E-state index in [4.69, 9.17) is 4.74 Å². The largest absolute Gasteiger partial charge is 0.489 e. The molecule has 0 unspecified atom stereocenters. The summed E-state index contributed by atoms with van der Waals surface area (Å²) in [6, 6.07) is 15.2. The summed E-state index contributed by atoms with van der Waals surface area (Å²) in [6.45, 7) is 0.609. The first-order valence-corrected chi connectivity index (χ1v) is 9.23. The molecule has 5 nitrogen and oxygen atoms in total. The summed E-state index contributed by atoms with van der Waals surface area (Å²) < 4.78 is 31.0. The van der Waals surface area contributed by atoms with Crippen molar-refractivity contribution in [3.05, 3.63) is 59.7 Å². The van der Waals surface area contributed by atoms with E-state index < -0.39 is 10.0 Å². The molecule has 0 aliphatic carbocycles. The number of aliphatic hydroxyl groups excluding tert-OH is 1. The molecule has 0 bridgehead atoms. The van der Waals surface area contributed by atoms with Crippen LogP contribution in [-0.4, -0.2) is 32.9 Å². The van der Waals surface area contributed by atoms with E-state index in [-0.39, 0.29) is 19.1 Å². The van der Waals surface area contributed by atoms with Crippen LogP contribution < -0.4 is 9.04 Å². The SMILES string of the molecule is CS(=O)(=O)N1C[C@@H](CO)c2ccc(OCc3ccccc3)cc21. The molecule has 6 heteroatoms. The second kappa shape index (κ2) is 6.22. The zero-order valence-corrected chi connectivity index (χ0v) is 13.7. The molecule has 0 radical (unpaired) electrons. The van der Waals surface area contributed by atoms with Crippen LogP contribution in [0, 0.1) is 0 Å². The van der Waals surface area contributed by atoms with Gasteiger partial charge in [0, 0.05) is 18.5 Å². The average Bonchev–Trinajstić information content (AvgIpc) is 2.92. The van der Waals surface area contributed by atoms with Gasteiger partial charge in [-0.3, -0.25) is 4.31 Å². The second-order valence-corrected chi connectivity index (χ2v) is 7.58. The Morgan fingerprint density at radius 1 is 1.22 bits per heavy atom. The van der Waals surface area contributed by atoms with E-state index in [2.05, 4.69) is 0 Å². The molecule has 1 N–H and O–H groups in total. The maximum absolute atomic E-state index is 12.0. The van der Waals surface area contributed by atoms with Crippen molar-refractivity contribution in [3.63, 3.8) is 0 Å². The normalized spacial score (nSPS) is 17.1. The van der Waals surface area contributed by atoms with Gasteiger partial charge in [0.2, 0.25) is 10.0 Å². The van der Waals surface area contributed by atoms with Gasteiger partial charge in [0.1, 0.15) is 12.4 Å². The summed E-state index contributed by atoms with van der Waals surface area (Å²) in [5.41, 5.74) is 2.48. The molecule has 23 heavy (non-hydrogen) atoms. The maximum atomic E-state index is 12.0. The molecule has 2 aromatic carbocycles. The Kier molecular flexibility index (Phi) is 4.28. The number of ether oxygens (including phenoxy) is 1. The maximum Gasteiger partial charge on any atom is 0.232 e. The zero-order valence-electron chi connectivity index (χ0n) is 12.8. The summed E-state index contributed by atoms with van der Waals surface area (Å²) in [4.78, 5) is 0. The minimum atomic E-state index is -3.38. The first-order valence-electron chi connectivity index (χ1n) is 7.38. The van der Waals surface area contributed by atoms with E-state index in [0.29, 0.717) is 18.0 Å². The highest BCUT2D eigenvalue weighted by molar-refractivity contribution is 7.92. The summed E-state index contributed by atoms with van der Waals surface area (Å²) in [6.07, 6.45) is 1.17. The third-order valence-corrected chi connectivity index (χ3v) is 5.11. The molecular formula is C17H19NO4S. The fourth-order valence-electron chi connectivity index (χ4n) is 2.78. The summed E-state index contributed by atoms with van der Waals surface area (Å²) in [5.74, 6) is 0.419. The fourth-order valence-corrected chi connectivity index (χ4v) is 3.75. The summed E-state index contributed by atoms with van der Waals surface area (Å²) in [7, 11) is -3.38. The Labute approximate surface area is 136 Å². The van der Waals surface area contributed by atoms with E-state index in [0.717, 1.165) is 11.1 Å². The van der Waals surface area contributed by atoms with Crippen molar-refractivity contribution < 1.29 is 18.3 Å². The zero-order chi connectivity index (χ0) is 16.4. The van der Waals surface area contributed by atoms with Crippen LogP contribution in [0.3, 0.4) is 0 Å². The number of rotatable bonds is 5. The van der Waals surface area contributed by atoms with Crippen LogP contribution in [0.5, 0.6) is 5.75 Å². The Balaban J connectivity index is 1.85. The molecule has 1 aliphatic heterocycles. The van der Waals surface area contributed by atoms with Crippen LogP contribution in [-0.2, 0) is 16.6 Å². The van der Waals surface area contributed by atoms with Gasteiger partial charge in [0.25, 0.3) is 0 Å². The van der Waals surface area contributed by atoms with Gasteiger partial charge >= 0.3 is 0 Å². The van der Waals surface area contributed by atoms with Gasteiger partial charge in [-0.25, -0.2) is 8.42 Å². The molecule has 0 aromatic heterocycles. The number of benzene rings is 2. The van der Waals surface area contributed by atoms with Crippen molar-refractivity contribution in [2.24, 2.45) is 0 Å². The third-order valence-electron chi connectivity index (χ3n) is 3.97. The molecule has 3 rings (SSSR count). The molecule has 0 saturated carbocycles. The van der Waals surface area contributed by atoms with E-state index in [1.165, 1.54) is 10.6 Å². The molecule has 0 saturated heterocycles. The van der Waals surface area contributed by atoms with Crippen LogP contribution in [0.2, 0.25) is 0 Å². The Morgan fingerprint density at radius 3 is 2.61 bits per heavy atom. The number of aliphatic hydroxyl groups is 1. The smallest absolute Gasteiger partial charge is 0.232 e. The fraction of sp³-hybridized carbons (Fsp3) is 0.294. The van der Waals surface area contributed by atoms with Crippen molar-refractivity contribution in [2.75, 3.05) is 23.7 Å². The van der Waals surface area contributed by atoms with Crippen molar-refractivity contribution in [3.8, 4) is 5.75 Å². The molecule has 122 valence electrons. The number of sulfonamides is 1. The molecule has 1 aliphatic rings. The van der Waals surface area contributed by atoms with Crippen molar-refractivity contribution in [2.45, 2.75) is 12.5 Å². The number of hydrogen-bond acceptors (Lipinski definition) is 4. The quantitative estimate of drug-likeness (QED) is 0.910. The van der Waals surface area contributed by atoms with Crippen LogP contribution in [0.15, 0.2) is 48.5 Å². The lowest BCUT2D eigenvalue weighted by Gasteiger charge is -2.17. The van der Waals surface area contributed by atoms with E-state index in [1.807, 2.05) is 42.5 Å². The molecule has 0 fully saturated rings. The monoisotopic (exact) mass is 333 g/mol. The van der Waals surface area contributed by atoms with Gasteiger partial charge in [0.15, 0.2) is 0 Å². The summed E-state index contributed by atoms with van der Waals surface area (Å²) in [5, 5.41) is 9.46. The van der Waals surface area contributed by atoms with Crippen LogP contribution in [0.25, 0.3) is 0 Å². The number of anilines is 1. The van der Waals surface area contributed by atoms with Gasteiger partial charge in [-0.15, -0.1) is 0 Å². The van der Waals surface area contributed by atoms with Crippen molar-refractivity contribution >= 4 is 15.7 Å². The number of nitrogens with zero attached hydrogens (tertiary/aromatic N) is 1. The van der Waals surface area contributed by atoms with Gasteiger partial charge < -0.3 is 9.84 Å². The van der Waals surface area contributed by atoms with Crippen molar-refractivity contribution in [1.82, 2.24) is 0 Å². The first kappa shape index (κ1) is 15.8. The molecular weight excluding hydrogens is 314 g/mol. The van der Waals surface area contributed by atoms with Gasteiger partial charge in [-0.2, -0.15) is 0 Å². The highest BCUT2D eigenvalue weighted by atomic mass is 32.2. The van der Waals surface area contributed by atoms with Crippen LogP contribution in [0.4, 0.5) is 5.69 Å². The summed E-state index contributed by atoms with van der Waals surface area (Å²) >= 11 is 0. The van der Waals surface area contributed by atoms with Gasteiger partial charge in [-0.1, -0.05) is 36.4 Å². The lowest BCUT2D eigenvalue weighted by molar-refractivity contribution is 0.272. The molecule has 1 heterocycles. The van der Waals surface area contributed by atoms with Gasteiger partial charge in [0.05, 0.1) is 18.6 Å². The van der Waals surface area contributed by atoms with E-state index >= 15 is 0 Å². The minimum absolute atomic E-state index is 0.0801. The average molecular weight is 333 g/mol. The van der Waals surface area contributed by atoms with Crippen molar-refractivity contribution in [1.29, 1.82) is 0 Å². The molecule has 1 atom stereocenters.